The Morgan fingerprint density at radius 1 is 1.33 bits per heavy atom. The van der Waals surface area contributed by atoms with E-state index in [0.717, 1.165) is 29.6 Å². The molecule has 2 heterocycles. The van der Waals surface area contributed by atoms with E-state index >= 15 is 0 Å². The minimum Gasteiger partial charge on any atom is -0.350 e. The summed E-state index contributed by atoms with van der Waals surface area (Å²) < 4.78 is 1.87. The van der Waals surface area contributed by atoms with Crippen LogP contribution in [0.4, 0.5) is 5.95 Å². The van der Waals surface area contributed by atoms with Crippen molar-refractivity contribution in [2.45, 2.75) is 46.6 Å². The third kappa shape index (κ3) is 2.81. The predicted molar refractivity (Wildman–Crippen MR) is 74.9 cm³/mol. The molecule has 0 amide bonds. The molecule has 0 aliphatic heterocycles. The van der Waals surface area contributed by atoms with Crippen LogP contribution in [0.3, 0.4) is 0 Å². The van der Waals surface area contributed by atoms with Gasteiger partial charge in [-0.3, -0.25) is 0 Å². The summed E-state index contributed by atoms with van der Waals surface area (Å²) in [7, 11) is 0. The third-order valence-electron chi connectivity index (χ3n) is 3.38. The second-order valence-corrected chi connectivity index (χ2v) is 5.17. The highest BCUT2D eigenvalue weighted by atomic mass is 15.4. The highest BCUT2D eigenvalue weighted by Crippen LogP contribution is 2.14. The molecule has 4 nitrogen and oxygen atoms in total. The molecule has 18 heavy (non-hydrogen) atoms. The second-order valence-electron chi connectivity index (χ2n) is 5.17. The topological polar surface area (TPSA) is 42.2 Å². The van der Waals surface area contributed by atoms with E-state index in [1.165, 1.54) is 6.42 Å². The molecule has 0 radical (unpaired) electrons. The first-order chi connectivity index (χ1) is 8.60. The maximum atomic E-state index is 4.49. The molecular formula is C14H22N4. The lowest BCUT2D eigenvalue weighted by Gasteiger charge is -2.16. The number of rotatable bonds is 5. The van der Waals surface area contributed by atoms with Gasteiger partial charge in [0.1, 0.15) is 0 Å². The lowest BCUT2D eigenvalue weighted by molar-refractivity contribution is 0.482. The number of aromatic nitrogens is 3. The summed E-state index contributed by atoms with van der Waals surface area (Å²) in [6.45, 7) is 8.72. The molecule has 0 saturated carbocycles. The Hall–Kier alpha value is -1.58. The maximum absolute atomic E-state index is 4.49. The highest BCUT2D eigenvalue weighted by Gasteiger charge is 2.10. The molecule has 2 aromatic rings. The minimum atomic E-state index is 0.401. The molecule has 2 atom stereocenters. The van der Waals surface area contributed by atoms with Crippen molar-refractivity contribution in [2.75, 3.05) is 5.32 Å². The quantitative estimate of drug-likeness (QED) is 0.880. The third-order valence-corrected chi connectivity index (χ3v) is 3.38. The van der Waals surface area contributed by atoms with Crippen molar-refractivity contribution in [3.05, 3.63) is 23.9 Å². The highest BCUT2D eigenvalue weighted by molar-refractivity contribution is 5.44. The molecule has 0 aromatic carbocycles. The van der Waals surface area contributed by atoms with Crippen molar-refractivity contribution in [1.29, 1.82) is 0 Å². The van der Waals surface area contributed by atoms with Crippen LogP contribution in [0.25, 0.3) is 5.65 Å². The van der Waals surface area contributed by atoms with E-state index in [1.807, 2.05) is 29.6 Å². The average Bonchev–Trinajstić information content (AvgIpc) is 2.72. The molecule has 1 N–H and O–H groups in total. The van der Waals surface area contributed by atoms with E-state index in [2.05, 4.69) is 36.2 Å². The summed E-state index contributed by atoms with van der Waals surface area (Å²) in [5.41, 5.74) is 2.00. The number of aryl methyl sites for hydroxylation is 1. The Kier molecular flexibility index (Phi) is 3.84. The van der Waals surface area contributed by atoms with Crippen molar-refractivity contribution in [1.82, 2.24) is 14.6 Å². The molecule has 0 saturated heterocycles. The Morgan fingerprint density at radius 2 is 2.11 bits per heavy atom. The molecule has 0 fully saturated rings. The molecule has 0 aliphatic carbocycles. The van der Waals surface area contributed by atoms with Gasteiger partial charge in [-0.2, -0.15) is 4.98 Å². The molecule has 0 bridgehead atoms. The first kappa shape index (κ1) is 12.9. The van der Waals surface area contributed by atoms with Crippen molar-refractivity contribution in [3.63, 3.8) is 0 Å². The molecule has 4 heteroatoms. The molecule has 0 aliphatic rings. The summed E-state index contributed by atoms with van der Waals surface area (Å²) in [5, 5.41) is 7.86. The van der Waals surface area contributed by atoms with Gasteiger partial charge in [-0.15, -0.1) is 5.10 Å². The normalized spacial score (nSPS) is 14.7. The van der Waals surface area contributed by atoms with Crippen LogP contribution >= 0.6 is 0 Å². The van der Waals surface area contributed by atoms with Gasteiger partial charge in [-0.1, -0.05) is 26.3 Å². The lowest BCUT2D eigenvalue weighted by Crippen LogP contribution is -2.19. The van der Waals surface area contributed by atoms with Crippen molar-refractivity contribution in [2.24, 2.45) is 5.92 Å². The van der Waals surface area contributed by atoms with Gasteiger partial charge >= 0.3 is 0 Å². The molecule has 98 valence electrons. The molecule has 0 spiro atoms. The molecule has 2 rings (SSSR count). The standard InChI is InChI=1S/C14H22N4/c1-5-10(2)9-11(3)15-14-16-13-8-6-7-12(4)18(13)17-14/h6-8,10-11H,5,9H2,1-4H3,(H,15,17). The molecular weight excluding hydrogens is 224 g/mol. The largest absolute Gasteiger partial charge is 0.350 e. The van der Waals surface area contributed by atoms with Gasteiger partial charge in [0.05, 0.1) is 0 Å². The summed E-state index contributed by atoms with van der Waals surface area (Å²) >= 11 is 0. The number of nitrogens with one attached hydrogen (secondary N) is 1. The fraction of sp³-hybridized carbons (Fsp3) is 0.571. The smallest absolute Gasteiger partial charge is 0.243 e. The fourth-order valence-electron chi connectivity index (χ4n) is 2.15. The zero-order valence-electron chi connectivity index (χ0n) is 11.6. The van der Waals surface area contributed by atoms with E-state index in [-0.39, 0.29) is 0 Å². The van der Waals surface area contributed by atoms with Gasteiger partial charge < -0.3 is 5.32 Å². The first-order valence-electron chi connectivity index (χ1n) is 6.69. The van der Waals surface area contributed by atoms with Crippen LogP contribution in [-0.4, -0.2) is 20.6 Å². The van der Waals surface area contributed by atoms with E-state index in [9.17, 15) is 0 Å². The monoisotopic (exact) mass is 246 g/mol. The van der Waals surface area contributed by atoms with Crippen LogP contribution in [0, 0.1) is 12.8 Å². The van der Waals surface area contributed by atoms with Crippen LogP contribution < -0.4 is 5.32 Å². The Labute approximate surface area is 108 Å². The van der Waals surface area contributed by atoms with Crippen molar-refractivity contribution < 1.29 is 0 Å². The van der Waals surface area contributed by atoms with Crippen LogP contribution in [0.5, 0.6) is 0 Å². The summed E-state index contributed by atoms with van der Waals surface area (Å²) in [4.78, 5) is 4.49. The number of nitrogens with zero attached hydrogens (tertiary/aromatic N) is 3. The van der Waals surface area contributed by atoms with E-state index < -0.39 is 0 Å². The van der Waals surface area contributed by atoms with Crippen LogP contribution in [0.15, 0.2) is 18.2 Å². The summed E-state index contributed by atoms with van der Waals surface area (Å²) in [5.74, 6) is 1.45. The number of hydrogen-bond acceptors (Lipinski definition) is 3. The van der Waals surface area contributed by atoms with Crippen molar-refractivity contribution >= 4 is 11.6 Å². The zero-order valence-corrected chi connectivity index (χ0v) is 11.6. The molecule has 2 aromatic heterocycles. The summed E-state index contributed by atoms with van der Waals surface area (Å²) in [6, 6.07) is 6.42. The first-order valence-corrected chi connectivity index (χ1v) is 6.69. The lowest BCUT2D eigenvalue weighted by atomic mass is 10.0. The number of anilines is 1. The zero-order chi connectivity index (χ0) is 13.1. The number of hydrogen-bond donors (Lipinski definition) is 1. The number of fused-ring (bicyclic) bond motifs is 1. The number of pyridine rings is 1. The van der Waals surface area contributed by atoms with Gasteiger partial charge in [0.25, 0.3) is 0 Å². The maximum Gasteiger partial charge on any atom is 0.243 e. The van der Waals surface area contributed by atoms with Crippen molar-refractivity contribution in [3.8, 4) is 0 Å². The predicted octanol–water partition coefficient (Wildman–Crippen LogP) is 3.27. The SMILES string of the molecule is CCC(C)CC(C)Nc1nc2cccc(C)n2n1. The van der Waals surface area contributed by atoms with Gasteiger partial charge in [-0.25, -0.2) is 4.52 Å². The van der Waals surface area contributed by atoms with Gasteiger partial charge in [-0.05, 0) is 38.3 Å². The van der Waals surface area contributed by atoms with Crippen LogP contribution in [0.1, 0.15) is 39.3 Å². The Bertz CT molecular complexity index is 517. The fourth-order valence-corrected chi connectivity index (χ4v) is 2.15. The van der Waals surface area contributed by atoms with Crippen LogP contribution in [-0.2, 0) is 0 Å². The van der Waals surface area contributed by atoms with Gasteiger partial charge in [0.15, 0.2) is 5.65 Å². The van der Waals surface area contributed by atoms with E-state index in [4.69, 9.17) is 0 Å². The van der Waals surface area contributed by atoms with Gasteiger partial charge in [0, 0.05) is 11.7 Å². The Balaban J connectivity index is 2.10. The Morgan fingerprint density at radius 3 is 2.78 bits per heavy atom. The average molecular weight is 246 g/mol. The van der Waals surface area contributed by atoms with Crippen LogP contribution in [0.2, 0.25) is 0 Å². The minimum absolute atomic E-state index is 0.401. The second kappa shape index (κ2) is 5.38. The summed E-state index contributed by atoms with van der Waals surface area (Å²) in [6.07, 6.45) is 2.36. The van der Waals surface area contributed by atoms with E-state index in [1.54, 1.807) is 0 Å². The van der Waals surface area contributed by atoms with Gasteiger partial charge in [0.2, 0.25) is 5.95 Å². The van der Waals surface area contributed by atoms with E-state index in [0.29, 0.717) is 6.04 Å². The molecule has 2 unspecified atom stereocenters.